The van der Waals surface area contributed by atoms with Gasteiger partial charge in [0.2, 0.25) is 0 Å². The van der Waals surface area contributed by atoms with E-state index >= 15 is 0 Å². The van der Waals surface area contributed by atoms with Crippen molar-refractivity contribution in [2.75, 3.05) is 25.0 Å². The number of hydrogen-bond acceptors (Lipinski definition) is 3. The van der Waals surface area contributed by atoms with Crippen LogP contribution in [0.2, 0.25) is 0 Å². The molecule has 1 aromatic carbocycles. The second-order valence-corrected chi connectivity index (χ2v) is 8.43. The molecular formula is C18H27IN2O2. The van der Waals surface area contributed by atoms with Crippen molar-refractivity contribution in [3.63, 3.8) is 0 Å². The molecule has 1 aliphatic rings. The van der Waals surface area contributed by atoms with Gasteiger partial charge in [0.15, 0.2) is 0 Å². The molecule has 1 atom stereocenters. The van der Waals surface area contributed by atoms with E-state index in [1.807, 2.05) is 25.7 Å². The molecule has 128 valence electrons. The topological polar surface area (TPSA) is 32.8 Å². The number of likely N-dealkylation sites (tertiary alicyclic amines) is 1. The highest BCUT2D eigenvalue weighted by atomic mass is 127. The summed E-state index contributed by atoms with van der Waals surface area (Å²) >= 11 is 2.31. The number of carbonyl (C=O) groups is 1. The molecule has 1 fully saturated rings. The third-order valence-corrected chi connectivity index (χ3v) is 4.73. The van der Waals surface area contributed by atoms with E-state index in [9.17, 15) is 4.79 Å². The zero-order valence-corrected chi connectivity index (χ0v) is 16.7. The van der Waals surface area contributed by atoms with E-state index in [1.54, 1.807) is 0 Å². The second-order valence-electron chi connectivity index (χ2n) is 7.18. The fourth-order valence-electron chi connectivity index (χ4n) is 2.87. The molecule has 0 radical (unpaired) electrons. The van der Waals surface area contributed by atoms with Crippen molar-refractivity contribution in [3.05, 3.63) is 27.8 Å². The SMILES string of the molecule is CN(CC1CCCCN1C(=O)OC(C)(C)C)c1ccc(I)cc1. The average Bonchev–Trinajstić information content (AvgIpc) is 2.46. The summed E-state index contributed by atoms with van der Waals surface area (Å²) in [5.41, 5.74) is 0.737. The van der Waals surface area contributed by atoms with Gasteiger partial charge in [-0.1, -0.05) is 0 Å². The molecule has 1 heterocycles. The van der Waals surface area contributed by atoms with E-state index in [0.29, 0.717) is 0 Å². The molecule has 0 bridgehead atoms. The van der Waals surface area contributed by atoms with Gasteiger partial charge in [0.25, 0.3) is 0 Å². The zero-order chi connectivity index (χ0) is 17.0. The maximum Gasteiger partial charge on any atom is 0.410 e. The molecule has 0 spiro atoms. The summed E-state index contributed by atoms with van der Waals surface area (Å²) in [6.07, 6.45) is 3.08. The van der Waals surface area contributed by atoms with Crippen LogP contribution >= 0.6 is 22.6 Å². The maximum atomic E-state index is 12.5. The van der Waals surface area contributed by atoms with E-state index in [1.165, 1.54) is 15.7 Å². The van der Waals surface area contributed by atoms with Gasteiger partial charge >= 0.3 is 6.09 Å². The number of nitrogens with zero attached hydrogens (tertiary/aromatic N) is 2. The number of hydrogen-bond donors (Lipinski definition) is 0. The molecule has 2 rings (SSSR count). The molecule has 1 unspecified atom stereocenters. The van der Waals surface area contributed by atoms with E-state index in [4.69, 9.17) is 4.74 Å². The number of ether oxygens (including phenoxy) is 1. The Morgan fingerprint density at radius 3 is 2.57 bits per heavy atom. The standard InChI is InChI=1S/C18H27IN2O2/c1-18(2,3)23-17(22)21-12-6-5-7-16(21)13-20(4)15-10-8-14(19)9-11-15/h8-11,16H,5-7,12-13H2,1-4H3. The highest BCUT2D eigenvalue weighted by Crippen LogP contribution is 2.23. The predicted octanol–water partition coefficient (Wildman–Crippen LogP) is 4.52. The minimum absolute atomic E-state index is 0.182. The Balaban J connectivity index is 2.03. The number of carbonyl (C=O) groups excluding carboxylic acids is 1. The number of benzene rings is 1. The van der Waals surface area contributed by atoms with Gasteiger partial charge < -0.3 is 14.5 Å². The molecular weight excluding hydrogens is 403 g/mol. The lowest BCUT2D eigenvalue weighted by Crippen LogP contribution is -2.50. The van der Waals surface area contributed by atoms with E-state index in [0.717, 1.165) is 25.9 Å². The maximum absolute atomic E-state index is 12.5. The molecule has 1 saturated heterocycles. The molecule has 0 N–H and O–H groups in total. The highest BCUT2D eigenvalue weighted by Gasteiger charge is 2.31. The second kappa shape index (κ2) is 7.73. The quantitative estimate of drug-likeness (QED) is 0.662. The highest BCUT2D eigenvalue weighted by molar-refractivity contribution is 14.1. The fraction of sp³-hybridized carbons (Fsp3) is 0.611. The van der Waals surface area contributed by atoms with Crippen LogP contribution < -0.4 is 4.90 Å². The summed E-state index contributed by atoms with van der Waals surface area (Å²) in [5, 5.41) is 0. The Hall–Kier alpha value is -0.980. The molecule has 0 aromatic heterocycles. The van der Waals surface area contributed by atoms with Crippen LogP contribution in [0.1, 0.15) is 40.0 Å². The fourth-order valence-corrected chi connectivity index (χ4v) is 3.23. The summed E-state index contributed by atoms with van der Waals surface area (Å²) in [5.74, 6) is 0. The van der Waals surface area contributed by atoms with Crippen molar-refractivity contribution >= 4 is 34.4 Å². The predicted molar refractivity (Wildman–Crippen MR) is 103 cm³/mol. The van der Waals surface area contributed by atoms with Crippen LogP contribution in [0.5, 0.6) is 0 Å². The molecule has 1 aromatic rings. The monoisotopic (exact) mass is 430 g/mol. The van der Waals surface area contributed by atoms with Gasteiger partial charge in [0.05, 0.1) is 6.04 Å². The van der Waals surface area contributed by atoms with Gasteiger partial charge in [-0.3, -0.25) is 0 Å². The largest absolute Gasteiger partial charge is 0.444 e. The van der Waals surface area contributed by atoms with Crippen LogP contribution in [0.4, 0.5) is 10.5 Å². The van der Waals surface area contributed by atoms with Gasteiger partial charge in [-0.05, 0) is 86.9 Å². The van der Waals surface area contributed by atoms with Gasteiger partial charge in [-0.25, -0.2) is 4.79 Å². The van der Waals surface area contributed by atoms with Crippen molar-refractivity contribution in [2.45, 2.75) is 51.7 Å². The summed E-state index contributed by atoms with van der Waals surface area (Å²) in [4.78, 5) is 16.6. The minimum Gasteiger partial charge on any atom is -0.444 e. The molecule has 23 heavy (non-hydrogen) atoms. The minimum atomic E-state index is -0.443. The third kappa shape index (κ3) is 5.55. The van der Waals surface area contributed by atoms with Crippen LogP contribution in [0, 0.1) is 3.57 Å². The first kappa shape index (κ1) is 18.4. The summed E-state index contributed by atoms with van der Waals surface area (Å²) in [6.45, 7) is 7.38. The normalized spacial score (nSPS) is 18.7. The van der Waals surface area contributed by atoms with Crippen molar-refractivity contribution in [1.29, 1.82) is 0 Å². The Morgan fingerprint density at radius 2 is 1.96 bits per heavy atom. The molecule has 4 nitrogen and oxygen atoms in total. The van der Waals surface area contributed by atoms with Crippen LogP contribution in [0.25, 0.3) is 0 Å². The average molecular weight is 430 g/mol. The van der Waals surface area contributed by atoms with E-state index in [2.05, 4.69) is 58.8 Å². The molecule has 5 heteroatoms. The first-order valence-corrected chi connectivity index (χ1v) is 9.30. The van der Waals surface area contributed by atoms with Crippen LogP contribution in [-0.2, 0) is 4.74 Å². The van der Waals surface area contributed by atoms with Crippen LogP contribution in [0.3, 0.4) is 0 Å². The van der Waals surface area contributed by atoms with E-state index < -0.39 is 5.60 Å². The van der Waals surface area contributed by atoms with Crippen molar-refractivity contribution in [2.24, 2.45) is 0 Å². The number of anilines is 1. The van der Waals surface area contributed by atoms with Gasteiger partial charge in [-0.2, -0.15) is 0 Å². The van der Waals surface area contributed by atoms with Crippen molar-refractivity contribution < 1.29 is 9.53 Å². The Bertz CT molecular complexity index is 525. The lowest BCUT2D eigenvalue weighted by molar-refractivity contribution is 0.0108. The molecule has 0 saturated carbocycles. The lowest BCUT2D eigenvalue weighted by atomic mass is 10.0. The molecule has 0 aliphatic carbocycles. The first-order chi connectivity index (χ1) is 10.8. The third-order valence-electron chi connectivity index (χ3n) is 4.01. The molecule has 1 amide bonds. The Morgan fingerprint density at radius 1 is 1.30 bits per heavy atom. The lowest BCUT2D eigenvalue weighted by Gasteiger charge is -2.39. The number of piperidine rings is 1. The van der Waals surface area contributed by atoms with Crippen molar-refractivity contribution in [3.8, 4) is 0 Å². The van der Waals surface area contributed by atoms with Gasteiger partial charge in [0.1, 0.15) is 5.60 Å². The summed E-state index contributed by atoms with van der Waals surface area (Å²) < 4.78 is 6.81. The number of amides is 1. The Labute approximate surface area is 153 Å². The molecule has 1 aliphatic heterocycles. The number of likely N-dealkylation sites (N-methyl/N-ethyl adjacent to an activating group) is 1. The summed E-state index contributed by atoms with van der Waals surface area (Å²) in [7, 11) is 2.09. The van der Waals surface area contributed by atoms with Gasteiger partial charge in [-0.15, -0.1) is 0 Å². The number of rotatable bonds is 3. The smallest absolute Gasteiger partial charge is 0.410 e. The number of halogens is 1. The van der Waals surface area contributed by atoms with E-state index in [-0.39, 0.29) is 12.1 Å². The van der Waals surface area contributed by atoms with Crippen molar-refractivity contribution in [1.82, 2.24) is 4.90 Å². The van der Waals surface area contributed by atoms with Gasteiger partial charge in [0, 0.05) is 29.4 Å². The van der Waals surface area contributed by atoms with Crippen LogP contribution in [-0.4, -0.2) is 42.8 Å². The Kier molecular flexibility index (Phi) is 6.17. The summed E-state index contributed by atoms with van der Waals surface area (Å²) in [6, 6.07) is 8.69. The van der Waals surface area contributed by atoms with Crippen LogP contribution in [0.15, 0.2) is 24.3 Å². The zero-order valence-electron chi connectivity index (χ0n) is 14.5. The first-order valence-electron chi connectivity index (χ1n) is 8.22.